The lowest BCUT2D eigenvalue weighted by molar-refractivity contribution is -0.118. The van der Waals surface area contributed by atoms with E-state index in [1.54, 1.807) is 0 Å². The molecule has 1 atom stereocenters. The number of anilines is 3. The quantitative estimate of drug-likeness (QED) is 0.638. The van der Waals surface area contributed by atoms with Crippen molar-refractivity contribution in [3.05, 3.63) is 40.8 Å². The van der Waals surface area contributed by atoms with Gasteiger partial charge in [0.25, 0.3) is 0 Å². The van der Waals surface area contributed by atoms with E-state index in [0.29, 0.717) is 35.3 Å². The predicted molar refractivity (Wildman–Crippen MR) is 121 cm³/mol. The summed E-state index contributed by atoms with van der Waals surface area (Å²) in [7, 11) is 3.75. The molecule has 0 spiro atoms. The smallest absolute Gasteiger partial charge is 0.247 e. The van der Waals surface area contributed by atoms with Crippen molar-refractivity contribution in [2.45, 2.75) is 58.3 Å². The maximum absolute atomic E-state index is 13.5. The van der Waals surface area contributed by atoms with Crippen LogP contribution in [0.2, 0.25) is 0 Å². The molecular formula is C23H29F3N6O. The van der Waals surface area contributed by atoms with E-state index in [1.165, 1.54) is 0 Å². The highest BCUT2D eigenvalue weighted by Gasteiger charge is 2.36. The molecule has 1 aromatic carbocycles. The molecule has 178 valence electrons. The number of hydrogen-bond donors (Lipinski definition) is 2. The minimum absolute atomic E-state index is 0.0572. The Bertz CT molecular complexity index is 1050. The molecule has 1 aromatic heterocycles. The zero-order chi connectivity index (χ0) is 24.0. The van der Waals surface area contributed by atoms with Gasteiger partial charge in [-0.05, 0) is 50.4 Å². The summed E-state index contributed by atoms with van der Waals surface area (Å²) in [5.41, 5.74) is 1.72. The van der Waals surface area contributed by atoms with Crippen LogP contribution in [0.5, 0.6) is 0 Å². The number of aromatic nitrogens is 2. The summed E-state index contributed by atoms with van der Waals surface area (Å²) in [4.78, 5) is 25.6. The Kier molecular flexibility index (Phi) is 6.22. The number of aryl methyl sites for hydroxylation is 1. The van der Waals surface area contributed by atoms with Gasteiger partial charge < -0.3 is 15.5 Å². The number of carbonyl (C=O) groups is 1. The van der Waals surface area contributed by atoms with Gasteiger partial charge in [-0.1, -0.05) is 13.8 Å². The van der Waals surface area contributed by atoms with Gasteiger partial charge in [0.2, 0.25) is 11.9 Å². The van der Waals surface area contributed by atoms with Crippen LogP contribution in [0.4, 0.5) is 30.6 Å². The van der Waals surface area contributed by atoms with Gasteiger partial charge in [0.05, 0.1) is 5.69 Å². The predicted octanol–water partition coefficient (Wildman–Crippen LogP) is 3.69. The van der Waals surface area contributed by atoms with Crippen molar-refractivity contribution in [1.29, 1.82) is 0 Å². The monoisotopic (exact) mass is 462 g/mol. The second kappa shape index (κ2) is 8.81. The molecule has 1 saturated carbocycles. The number of rotatable bonds is 6. The minimum atomic E-state index is -1.44. The van der Waals surface area contributed by atoms with Crippen LogP contribution in [0.1, 0.15) is 37.9 Å². The zero-order valence-electron chi connectivity index (χ0n) is 19.4. The second-order valence-electron chi connectivity index (χ2n) is 9.38. The van der Waals surface area contributed by atoms with Crippen LogP contribution < -0.4 is 15.5 Å². The Morgan fingerprint density at radius 1 is 1.21 bits per heavy atom. The molecule has 0 unspecified atom stereocenters. The highest BCUT2D eigenvalue weighted by atomic mass is 19.2. The maximum Gasteiger partial charge on any atom is 0.247 e. The van der Waals surface area contributed by atoms with Crippen LogP contribution in [-0.4, -0.2) is 53.0 Å². The third kappa shape index (κ3) is 4.48. The molecule has 1 aliphatic heterocycles. The number of benzene rings is 1. The van der Waals surface area contributed by atoms with Crippen molar-refractivity contribution in [2.24, 2.45) is 5.92 Å². The molecule has 2 N–H and O–H groups in total. The average molecular weight is 463 g/mol. The maximum atomic E-state index is 13.5. The summed E-state index contributed by atoms with van der Waals surface area (Å²) < 4.78 is 40.1. The van der Waals surface area contributed by atoms with Crippen LogP contribution in [0.25, 0.3) is 0 Å². The summed E-state index contributed by atoms with van der Waals surface area (Å²) in [5.74, 6) is -2.53. The first-order valence-corrected chi connectivity index (χ1v) is 11.1. The van der Waals surface area contributed by atoms with Crippen molar-refractivity contribution in [1.82, 2.24) is 14.9 Å². The number of nitrogens with zero attached hydrogens (tertiary/aromatic N) is 4. The van der Waals surface area contributed by atoms with Crippen LogP contribution >= 0.6 is 0 Å². The number of hydrogen-bond acceptors (Lipinski definition) is 6. The summed E-state index contributed by atoms with van der Waals surface area (Å²) >= 11 is 0. The Labute approximate surface area is 191 Å². The Hall–Kier alpha value is -2.88. The number of halogens is 3. The normalized spacial score (nSPS) is 22.3. The fourth-order valence-corrected chi connectivity index (χ4v) is 4.64. The molecule has 33 heavy (non-hydrogen) atoms. The van der Waals surface area contributed by atoms with E-state index in [4.69, 9.17) is 0 Å². The molecule has 2 aromatic rings. The average Bonchev–Trinajstić information content (AvgIpc) is 2.69. The third-order valence-corrected chi connectivity index (χ3v) is 6.52. The molecule has 7 nitrogen and oxygen atoms in total. The molecule has 10 heteroatoms. The van der Waals surface area contributed by atoms with E-state index in [2.05, 4.69) is 20.6 Å². The van der Waals surface area contributed by atoms with E-state index < -0.39 is 17.5 Å². The third-order valence-electron chi connectivity index (χ3n) is 6.52. The first-order chi connectivity index (χ1) is 15.5. The van der Waals surface area contributed by atoms with Crippen molar-refractivity contribution in [3.8, 4) is 0 Å². The van der Waals surface area contributed by atoms with E-state index in [0.717, 1.165) is 25.0 Å². The molecule has 0 saturated heterocycles. The van der Waals surface area contributed by atoms with Gasteiger partial charge in [0, 0.05) is 25.7 Å². The van der Waals surface area contributed by atoms with Gasteiger partial charge in [-0.15, -0.1) is 0 Å². The Morgan fingerprint density at radius 2 is 1.85 bits per heavy atom. The van der Waals surface area contributed by atoms with Crippen LogP contribution in [0.3, 0.4) is 0 Å². The lowest BCUT2D eigenvalue weighted by atomic mass is 9.85. The largest absolute Gasteiger partial charge is 0.351 e. The first-order valence-electron chi connectivity index (χ1n) is 11.1. The van der Waals surface area contributed by atoms with Gasteiger partial charge in [-0.25, -0.2) is 18.2 Å². The minimum Gasteiger partial charge on any atom is -0.351 e. The van der Waals surface area contributed by atoms with Gasteiger partial charge in [-0.3, -0.25) is 9.69 Å². The number of carbonyl (C=O) groups excluding carboxylic acids is 1. The number of likely N-dealkylation sites (N-methyl/N-ethyl adjacent to an activating group) is 1. The molecular weight excluding hydrogens is 433 g/mol. The fourth-order valence-electron chi connectivity index (χ4n) is 4.64. The molecule has 1 fully saturated rings. The second-order valence-corrected chi connectivity index (χ2v) is 9.38. The standard InChI is InChI=1S/C23H29F3N6O/c1-11(2)20-22(33)29-19-12(3)27-23(30-21(19)32(20)5)28-14-8-15(9-14)31(4)10-13-6-16(24)18(26)17(25)7-13/h6-7,11,14-15,20H,8-10H2,1-5H3,(H,29,33)(H,27,28,30)/t14?,15?,20-/m0/s1. The Balaban J connectivity index is 1.39. The van der Waals surface area contributed by atoms with Crippen LogP contribution in [0, 0.1) is 30.3 Å². The fraction of sp³-hybridized carbons (Fsp3) is 0.522. The SMILES string of the molecule is Cc1nc(NC2CC(N(C)Cc3cc(F)c(F)c(F)c3)C2)nc2c1NC(=O)[C@H](C(C)C)N2C. The van der Waals surface area contributed by atoms with Crippen LogP contribution in [-0.2, 0) is 11.3 Å². The van der Waals surface area contributed by atoms with Crippen molar-refractivity contribution >= 4 is 23.4 Å². The lowest BCUT2D eigenvalue weighted by Crippen LogP contribution is -2.50. The van der Waals surface area contributed by atoms with Gasteiger partial charge in [0.15, 0.2) is 23.3 Å². The van der Waals surface area contributed by atoms with Gasteiger partial charge in [-0.2, -0.15) is 4.98 Å². The Morgan fingerprint density at radius 3 is 2.45 bits per heavy atom. The first kappa shape index (κ1) is 23.3. The lowest BCUT2D eigenvalue weighted by Gasteiger charge is -2.42. The van der Waals surface area contributed by atoms with E-state index in [1.807, 2.05) is 44.7 Å². The zero-order valence-corrected chi connectivity index (χ0v) is 19.4. The number of fused-ring (bicyclic) bond motifs is 1. The molecule has 1 amide bonds. The van der Waals surface area contributed by atoms with E-state index in [9.17, 15) is 18.0 Å². The molecule has 2 aliphatic rings. The molecule has 0 bridgehead atoms. The molecule has 4 rings (SSSR count). The van der Waals surface area contributed by atoms with Gasteiger partial charge >= 0.3 is 0 Å². The van der Waals surface area contributed by atoms with Gasteiger partial charge in [0.1, 0.15) is 11.7 Å². The van der Waals surface area contributed by atoms with Crippen molar-refractivity contribution in [3.63, 3.8) is 0 Å². The number of nitrogens with one attached hydrogen (secondary N) is 2. The van der Waals surface area contributed by atoms with Crippen LogP contribution in [0.15, 0.2) is 12.1 Å². The van der Waals surface area contributed by atoms with E-state index in [-0.39, 0.29) is 30.0 Å². The summed E-state index contributed by atoms with van der Waals surface area (Å²) in [6, 6.07) is 2.13. The van der Waals surface area contributed by atoms with Crippen molar-refractivity contribution < 1.29 is 18.0 Å². The molecule has 2 heterocycles. The molecule has 0 radical (unpaired) electrons. The van der Waals surface area contributed by atoms with Crippen molar-refractivity contribution in [2.75, 3.05) is 29.6 Å². The summed E-state index contributed by atoms with van der Waals surface area (Å²) in [6.07, 6.45) is 1.62. The number of amides is 1. The molecule has 1 aliphatic carbocycles. The topological polar surface area (TPSA) is 73.4 Å². The highest BCUT2D eigenvalue weighted by molar-refractivity contribution is 6.03. The summed E-state index contributed by atoms with van der Waals surface area (Å²) in [5, 5.41) is 6.30. The van der Waals surface area contributed by atoms with E-state index >= 15 is 0 Å². The highest BCUT2D eigenvalue weighted by Crippen LogP contribution is 2.35. The summed E-state index contributed by atoms with van der Waals surface area (Å²) in [6.45, 7) is 6.16.